The van der Waals surface area contributed by atoms with E-state index in [0.717, 1.165) is 21.4 Å². The van der Waals surface area contributed by atoms with E-state index in [-0.39, 0.29) is 29.3 Å². The molecule has 1 unspecified atom stereocenters. The van der Waals surface area contributed by atoms with Crippen LogP contribution in [0.2, 0.25) is 0 Å². The lowest BCUT2D eigenvalue weighted by Crippen LogP contribution is -2.44. The first kappa shape index (κ1) is 20.0. The van der Waals surface area contributed by atoms with Gasteiger partial charge in [0.15, 0.2) is 5.78 Å². The molecular formula is C24H23BrFNO2. The van der Waals surface area contributed by atoms with Crippen molar-refractivity contribution < 1.29 is 14.0 Å². The molecule has 29 heavy (non-hydrogen) atoms. The van der Waals surface area contributed by atoms with Gasteiger partial charge >= 0.3 is 0 Å². The number of carbonyl (C=O) groups excluding carboxylic acids is 2. The second kappa shape index (κ2) is 7.21. The highest BCUT2D eigenvalue weighted by Gasteiger charge is 2.45. The number of Topliss-reactive ketones (excluding diaryl/α,β-unsaturated/α-hetero) is 1. The Morgan fingerprint density at radius 3 is 2.55 bits per heavy atom. The zero-order chi connectivity index (χ0) is 20.9. The van der Waals surface area contributed by atoms with Gasteiger partial charge < -0.3 is 0 Å². The fourth-order valence-electron chi connectivity index (χ4n) is 4.56. The standard InChI is InChI=1S/C24H23BrFNO2/c1-14-6-4-5-7-19(14)27-20-12-24(2,3)13-21(28)23(20)17(11-22(27)29)16-10-15(25)8-9-18(16)26/h4-10,17H,11-13H2,1-3H3. The number of allylic oxidation sites excluding steroid dienone is 2. The van der Waals surface area contributed by atoms with E-state index in [0.29, 0.717) is 24.0 Å². The summed E-state index contributed by atoms with van der Waals surface area (Å²) in [6, 6.07) is 12.4. The maximum atomic E-state index is 14.7. The Labute approximate surface area is 178 Å². The van der Waals surface area contributed by atoms with Gasteiger partial charge in [0.1, 0.15) is 5.82 Å². The summed E-state index contributed by atoms with van der Waals surface area (Å²) in [5.74, 6) is -1.04. The normalized spacial score (nSPS) is 21.4. The average molecular weight is 456 g/mol. The zero-order valence-electron chi connectivity index (χ0n) is 16.8. The van der Waals surface area contributed by atoms with Gasteiger partial charge in [0.25, 0.3) is 0 Å². The van der Waals surface area contributed by atoms with Crippen molar-refractivity contribution in [1.82, 2.24) is 0 Å². The quantitative estimate of drug-likeness (QED) is 0.551. The number of aryl methyl sites for hydroxylation is 1. The molecule has 2 aromatic carbocycles. The molecule has 1 heterocycles. The maximum Gasteiger partial charge on any atom is 0.232 e. The SMILES string of the molecule is Cc1ccccc1N1C(=O)CC(c2cc(Br)ccc2F)C2=C1CC(C)(C)CC2=O. The van der Waals surface area contributed by atoms with Crippen molar-refractivity contribution >= 4 is 33.3 Å². The average Bonchev–Trinajstić information content (AvgIpc) is 2.63. The van der Waals surface area contributed by atoms with Gasteiger partial charge in [-0.3, -0.25) is 14.5 Å². The number of nitrogens with zero attached hydrogens (tertiary/aromatic N) is 1. The highest BCUT2D eigenvalue weighted by Crippen LogP contribution is 2.49. The van der Waals surface area contributed by atoms with Crippen molar-refractivity contribution in [3.8, 4) is 0 Å². The molecule has 1 aliphatic carbocycles. The molecule has 4 rings (SSSR count). The van der Waals surface area contributed by atoms with E-state index in [4.69, 9.17) is 0 Å². The number of ketones is 1. The number of amides is 1. The number of rotatable bonds is 2. The number of hydrogen-bond acceptors (Lipinski definition) is 2. The molecule has 2 aromatic rings. The van der Waals surface area contributed by atoms with Crippen LogP contribution in [0.1, 0.15) is 50.2 Å². The Hall–Kier alpha value is -2.27. The summed E-state index contributed by atoms with van der Waals surface area (Å²) in [6.45, 7) is 6.04. The van der Waals surface area contributed by atoms with E-state index in [1.807, 2.05) is 45.0 Å². The first-order valence-electron chi connectivity index (χ1n) is 9.78. The van der Waals surface area contributed by atoms with Gasteiger partial charge in [-0.2, -0.15) is 0 Å². The Morgan fingerprint density at radius 1 is 1.10 bits per heavy atom. The summed E-state index contributed by atoms with van der Waals surface area (Å²) in [5.41, 5.74) is 3.22. The van der Waals surface area contributed by atoms with Crippen LogP contribution in [0.4, 0.5) is 10.1 Å². The van der Waals surface area contributed by atoms with Crippen LogP contribution in [0.15, 0.2) is 58.2 Å². The monoisotopic (exact) mass is 455 g/mol. The fourth-order valence-corrected chi connectivity index (χ4v) is 4.94. The molecule has 0 bridgehead atoms. The van der Waals surface area contributed by atoms with Gasteiger partial charge in [0.05, 0.1) is 5.69 Å². The third-order valence-electron chi connectivity index (χ3n) is 5.83. The van der Waals surface area contributed by atoms with Crippen LogP contribution < -0.4 is 4.90 Å². The molecule has 0 aromatic heterocycles. The van der Waals surface area contributed by atoms with Crippen molar-refractivity contribution in [3.05, 3.63) is 75.2 Å². The summed E-state index contributed by atoms with van der Waals surface area (Å²) in [7, 11) is 0. The minimum Gasteiger partial charge on any atom is -0.294 e. The summed E-state index contributed by atoms with van der Waals surface area (Å²) in [6.07, 6.45) is 1.07. The van der Waals surface area contributed by atoms with E-state index in [9.17, 15) is 14.0 Å². The van der Waals surface area contributed by atoms with Crippen molar-refractivity contribution in [3.63, 3.8) is 0 Å². The molecule has 150 valence electrons. The van der Waals surface area contributed by atoms with Crippen molar-refractivity contribution in [2.75, 3.05) is 4.90 Å². The van der Waals surface area contributed by atoms with Crippen LogP contribution in [0, 0.1) is 18.2 Å². The van der Waals surface area contributed by atoms with Crippen LogP contribution in [0.25, 0.3) is 0 Å². The molecule has 0 fully saturated rings. The van der Waals surface area contributed by atoms with Crippen LogP contribution in [0.3, 0.4) is 0 Å². The van der Waals surface area contributed by atoms with Crippen LogP contribution in [0.5, 0.6) is 0 Å². The van der Waals surface area contributed by atoms with E-state index in [1.165, 1.54) is 6.07 Å². The van der Waals surface area contributed by atoms with Crippen LogP contribution in [-0.4, -0.2) is 11.7 Å². The molecule has 5 heteroatoms. The molecule has 1 amide bonds. The summed E-state index contributed by atoms with van der Waals surface area (Å²) >= 11 is 3.39. The Kier molecular flexibility index (Phi) is 4.97. The minimum atomic E-state index is -0.557. The van der Waals surface area contributed by atoms with E-state index in [1.54, 1.807) is 17.0 Å². The maximum absolute atomic E-state index is 14.7. The third kappa shape index (κ3) is 3.57. The molecular weight excluding hydrogens is 433 g/mol. The number of hydrogen-bond donors (Lipinski definition) is 0. The lowest BCUT2D eigenvalue weighted by atomic mass is 9.69. The molecule has 1 aliphatic heterocycles. The largest absolute Gasteiger partial charge is 0.294 e. The van der Waals surface area contributed by atoms with Crippen LogP contribution in [-0.2, 0) is 9.59 Å². The van der Waals surface area contributed by atoms with E-state index < -0.39 is 5.92 Å². The first-order chi connectivity index (χ1) is 13.7. The van der Waals surface area contributed by atoms with E-state index >= 15 is 0 Å². The predicted octanol–water partition coefficient (Wildman–Crippen LogP) is 6.06. The third-order valence-corrected chi connectivity index (χ3v) is 6.33. The smallest absolute Gasteiger partial charge is 0.232 e. The lowest BCUT2D eigenvalue weighted by Gasteiger charge is -2.43. The molecule has 0 radical (unpaired) electrons. The molecule has 2 aliphatic rings. The zero-order valence-corrected chi connectivity index (χ0v) is 18.3. The number of carbonyl (C=O) groups is 2. The Balaban J connectivity index is 1.95. The fraction of sp³-hybridized carbons (Fsp3) is 0.333. The molecule has 1 atom stereocenters. The summed E-state index contributed by atoms with van der Waals surface area (Å²) in [5, 5.41) is 0. The summed E-state index contributed by atoms with van der Waals surface area (Å²) in [4.78, 5) is 28.3. The van der Waals surface area contributed by atoms with Crippen molar-refractivity contribution in [2.24, 2.45) is 5.41 Å². The molecule has 0 N–H and O–H groups in total. The van der Waals surface area contributed by atoms with Gasteiger partial charge in [-0.05, 0) is 54.2 Å². The van der Waals surface area contributed by atoms with Gasteiger partial charge in [-0.1, -0.05) is 48.0 Å². The Morgan fingerprint density at radius 2 is 1.83 bits per heavy atom. The van der Waals surface area contributed by atoms with E-state index in [2.05, 4.69) is 15.9 Å². The number of benzene rings is 2. The summed E-state index contributed by atoms with van der Waals surface area (Å²) < 4.78 is 15.5. The van der Waals surface area contributed by atoms with Crippen LogP contribution >= 0.6 is 15.9 Å². The lowest BCUT2D eigenvalue weighted by molar-refractivity contribution is -0.121. The molecule has 0 saturated heterocycles. The highest BCUT2D eigenvalue weighted by atomic mass is 79.9. The van der Waals surface area contributed by atoms with Gasteiger partial charge in [0, 0.05) is 34.5 Å². The molecule has 3 nitrogen and oxygen atoms in total. The minimum absolute atomic E-state index is 0.00621. The molecule has 0 saturated carbocycles. The number of halogens is 2. The highest BCUT2D eigenvalue weighted by molar-refractivity contribution is 9.10. The second-order valence-corrected chi connectivity index (χ2v) is 9.66. The predicted molar refractivity (Wildman–Crippen MR) is 115 cm³/mol. The first-order valence-corrected chi connectivity index (χ1v) is 10.6. The van der Waals surface area contributed by atoms with Gasteiger partial charge in [0.2, 0.25) is 5.91 Å². The second-order valence-electron chi connectivity index (χ2n) is 8.74. The molecule has 0 spiro atoms. The van der Waals surface area contributed by atoms with Crippen molar-refractivity contribution in [1.29, 1.82) is 0 Å². The number of para-hydroxylation sites is 1. The van der Waals surface area contributed by atoms with Gasteiger partial charge in [-0.15, -0.1) is 0 Å². The number of anilines is 1. The van der Waals surface area contributed by atoms with Gasteiger partial charge in [-0.25, -0.2) is 4.39 Å². The van der Waals surface area contributed by atoms with Crippen molar-refractivity contribution in [2.45, 2.75) is 46.0 Å². The Bertz CT molecular complexity index is 1060. The topological polar surface area (TPSA) is 37.4 Å².